The van der Waals surface area contributed by atoms with Crippen molar-refractivity contribution >= 4 is 0 Å². The highest BCUT2D eigenvalue weighted by atomic mass is 19.1. The fourth-order valence-corrected chi connectivity index (χ4v) is 2.90. The Labute approximate surface area is 114 Å². The molecule has 1 heterocycles. The van der Waals surface area contributed by atoms with Crippen LogP contribution in [0.1, 0.15) is 37.8 Å². The summed E-state index contributed by atoms with van der Waals surface area (Å²) in [5.74, 6) is 0.437. The summed E-state index contributed by atoms with van der Waals surface area (Å²) in [5, 5.41) is 3.26. The van der Waals surface area contributed by atoms with E-state index >= 15 is 0 Å². The molecule has 0 saturated carbocycles. The second-order valence-corrected chi connectivity index (χ2v) is 5.23. The molecule has 3 nitrogen and oxygen atoms in total. The molecule has 2 unspecified atom stereocenters. The van der Waals surface area contributed by atoms with Gasteiger partial charge in [-0.15, -0.1) is 0 Å². The second kappa shape index (κ2) is 5.88. The normalized spacial score (nSPS) is 25.1. The number of methoxy groups -OCH3 is 1. The lowest BCUT2D eigenvalue weighted by Crippen LogP contribution is -2.45. The smallest absolute Gasteiger partial charge is 0.123 e. The van der Waals surface area contributed by atoms with Crippen LogP contribution in [0.25, 0.3) is 0 Å². The molecule has 0 bridgehead atoms. The van der Waals surface area contributed by atoms with Crippen LogP contribution in [0.15, 0.2) is 18.2 Å². The Kier molecular flexibility index (Phi) is 4.42. The maximum Gasteiger partial charge on any atom is 0.123 e. The monoisotopic (exact) mass is 267 g/mol. The second-order valence-electron chi connectivity index (χ2n) is 5.23. The van der Waals surface area contributed by atoms with Crippen LogP contribution in [-0.4, -0.2) is 26.4 Å². The Morgan fingerprint density at radius 1 is 1.42 bits per heavy atom. The van der Waals surface area contributed by atoms with Crippen LogP contribution in [0.2, 0.25) is 0 Å². The van der Waals surface area contributed by atoms with Gasteiger partial charge < -0.3 is 14.8 Å². The number of hydrogen-bond donors (Lipinski definition) is 1. The summed E-state index contributed by atoms with van der Waals surface area (Å²) in [6.45, 7) is 2.84. The molecule has 19 heavy (non-hydrogen) atoms. The van der Waals surface area contributed by atoms with E-state index in [9.17, 15) is 4.39 Å². The standard InChI is InChI=1S/C15H22FNO2/c1-15(8-4-5-9-19-15)14(17-2)12-10-11(16)6-7-13(12)18-3/h6-7,10,14,17H,4-5,8-9H2,1-3H3. The summed E-state index contributed by atoms with van der Waals surface area (Å²) in [6.07, 6.45) is 3.18. The summed E-state index contributed by atoms with van der Waals surface area (Å²) in [6, 6.07) is 4.53. The number of likely N-dealkylation sites (N-methyl/N-ethyl adjacent to an activating group) is 1. The summed E-state index contributed by atoms with van der Waals surface area (Å²) >= 11 is 0. The third-order valence-corrected chi connectivity index (χ3v) is 3.90. The molecule has 1 aromatic rings. The molecule has 1 aliphatic heterocycles. The molecule has 0 spiro atoms. The molecular formula is C15H22FNO2. The Morgan fingerprint density at radius 3 is 2.79 bits per heavy atom. The molecule has 0 aromatic heterocycles. The van der Waals surface area contributed by atoms with E-state index in [1.54, 1.807) is 13.2 Å². The highest BCUT2D eigenvalue weighted by molar-refractivity contribution is 5.38. The lowest BCUT2D eigenvalue weighted by atomic mass is 9.84. The van der Waals surface area contributed by atoms with Crippen molar-refractivity contribution in [2.24, 2.45) is 0 Å². The van der Waals surface area contributed by atoms with Gasteiger partial charge in [0, 0.05) is 12.2 Å². The number of nitrogens with one attached hydrogen (secondary N) is 1. The largest absolute Gasteiger partial charge is 0.496 e. The molecule has 0 amide bonds. The summed E-state index contributed by atoms with van der Waals surface area (Å²) in [4.78, 5) is 0. The maximum absolute atomic E-state index is 13.5. The van der Waals surface area contributed by atoms with E-state index in [2.05, 4.69) is 12.2 Å². The number of rotatable bonds is 4. The molecule has 1 saturated heterocycles. The predicted molar refractivity (Wildman–Crippen MR) is 73.0 cm³/mol. The van der Waals surface area contributed by atoms with Gasteiger partial charge >= 0.3 is 0 Å². The van der Waals surface area contributed by atoms with Crippen molar-refractivity contribution in [3.05, 3.63) is 29.6 Å². The minimum absolute atomic E-state index is 0.0848. The van der Waals surface area contributed by atoms with Gasteiger partial charge in [-0.3, -0.25) is 0 Å². The highest BCUT2D eigenvalue weighted by Crippen LogP contribution is 2.39. The molecule has 106 valence electrons. The van der Waals surface area contributed by atoms with E-state index in [1.165, 1.54) is 12.1 Å². The van der Waals surface area contributed by atoms with Crippen molar-refractivity contribution in [1.82, 2.24) is 5.32 Å². The first-order chi connectivity index (χ1) is 9.10. The van der Waals surface area contributed by atoms with Crippen LogP contribution >= 0.6 is 0 Å². The van der Waals surface area contributed by atoms with Crippen LogP contribution < -0.4 is 10.1 Å². The quantitative estimate of drug-likeness (QED) is 0.909. The first-order valence-corrected chi connectivity index (χ1v) is 6.75. The molecule has 2 rings (SSSR count). The Hall–Kier alpha value is -1.13. The van der Waals surface area contributed by atoms with Crippen LogP contribution in [-0.2, 0) is 4.74 Å². The van der Waals surface area contributed by atoms with Gasteiger partial charge in [0.15, 0.2) is 0 Å². The van der Waals surface area contributed by atoms with Crippen molar-refractivity contribution in [3.63, 3.8) is 0 Å². The molecular weight excluding hydrogens is 245 g/mol. The van der Waals surface area contributed by atoms with Crippen LogP contribution in [0, 0.1) is 5.82 Å². The average molecular weight is 267 g/mol. The molecule has 0 aliphatic carbocycles. The topological polar surface area (TPSA) is 30.5 Å². The van der Waals surface area contributed by atoms with Gasteiger partial charge in [0.25, 0.3) is 0 Å². The summed E-state index contributed by atoms with van der Waals surface area (Å²) < 4.78 is 24.9. The maximum atomic E-state index is 13.5. The van der Waals surface area contributed by atoms with Gasteiger partial charge in [-0.2, -0.15) is 0 Å². The average Bonchev–Trinajstić information content (AvgIpc) is 2.40. The van der Waals surface area contributed by atoms with Crippen molar-refractivity contribution < 1.29 is 13.9 Å². The zero-order valence-corrected chi connectivity index (χ0v) is 11.8. The zero-order valence-electron chi connectivity index (χ0n) is 11.8. The Morgan fingerprint density at radius 2 is 2.21 bits per heavy atom. The Bertz CT molecular complexity index is 430. The van der Waals surface area contributed by atoms with Gasteiger partial charge in [-0.05, 0) is 51.4 Å². The van der Waals surface area contributed by atoms with Crippen molar-refractivity contribution in [1.29, 1.82) is 0 Å². The third kappa shape index (κ3) is 2.90. The highest BCUT2D eigenvalue weighted by Gasteiger charge is 2.38. The van der Waals surface area contributed by atoms with E-state index in [4.69, 9.17) is 9.47 Å². The molecule has 2 atom stereocenters. The van der Waals surface area contributed by atoms with Gasteiger partial charge in [0.2, 0.25) is 0 Å². The van der Waals surface area contributed by atoms with Crippen molar-refractivity contribution in [2.75, 3.05) is 20.8 Å². The molecule has 4 heteroatoms. The number of halogens is 1. The number of ether oxygens (including phenoxy) is 2. The lowest BCUT2D eigenvalue weighted by Gasteiger charge is -2.41. The molecule has 1 N–H and O–H groups in total. The number of hydrogen-bond acceptors (Lipinski definition) is 3. The predicted octanol–water partition coefficient (Wildman–Crippen LogP) is 3.05. The first-order valence-electron chi connectivity index (χ1n) is 6.75. The minimum atomic E-state index is -0.325. The van der Waals surface area contributed by atoms with Gasteiger partial charge in [-0.1, -0.05) is 0 Å². The van der Waals surface area contributed by atoms with Gasteiger partial charge in [-0.25, -0.2) is 4.39 Å². The fourth-order valence-electron chi connectivity index (χ4n) is 2.90. The lowest BCUT2D eigenvalue weighted by molar-refractivity contribution is -0.0888. The molecule has 1 aliphatic rings. The van der Waals surface area contributed by atoms with Crippen molar-refractivity contribution in [3.8, 4) is 5.75 Å². The van der Waals surface area contributed by atoms with E-state index in [1.807, 2.05) is 7.05 Å². The van der Waals surface area contributed by atoms with Crippen LogP contribution in [0.4, 0.5) is 4.39 Å². The molecule has 0 radical (unpaired) electrons. The SMILES string of the molecule is CNC(c1cc(F)ccc1OC)C1(C)CCCCO1. The van der Waals surface area contributed by atoms with E-state index in [0.717, 1.165) is 31.4 Å². The number of benzene rings is 1. The third-order valence-electron chi connectivity index (χ3n) is 3.90. The van der Waals surface area contributed by atoms with E-state index < -0.39 is 0 Å². The first kappa shape index (κ1) is 14.3. The fraction of sp³-hybridized carbons (Fsp3) is 0.600. The van der Waals surface area contributed by atoms with Gasteiger partial charge in [0.1, 0.15) is 11.6 Å². The van der Waals surface area contributed by atoms with E-state index in [-0.39, 0.29) is 17.5 Å². The molecule has 1 aromatic carbocycles. The zero-order chi connectivity index (χ0) is 13.9. The summed E-state index contributed by atoms with van der Waals surface area (Å²) in [7, 11) is 3.48. The van der Waals surface area contributed by atoms with Crippen LogP contribution in [0.5, 0.6) is 5.75 Å². The Balaban J connectivity index is 2.38. The molecule has 1 fully saturated rings. The van der Waals surface area contributed by atoms with Crippen molar-refractivity contribution in [2.45, 2.75) is 37.8 Å². The summed E-state index contributed by atoms with van der Waals surface area (Å²) in [5.41, 5.74) is 0.489. The minimum Gasteiger partial charge on any atom is -0.496 e. The van der Waals surface area contributed by atoms with Gasteiger partial charge in [0.05, 0.1) is 18.8 Å². The van der Waals surface area contributed by atoms with E-state index in [0.29, 0.717) is 5.75 Å². The van der Waals surface area contributed by atoms with Crippen LogP contribution in [0.3, 0.4) is 0 Å².